The number of esters is 1. The number of aryl methyl sites for hydroxylation is 2. The van der Waals surface area contributed by atoms with E-state index in [1.165, 1.54) is 18.7 Å². The highest BCUT2D eigenvalue weighted by molar-refractivity contribution is 5.95. The van der Waals surface area contributed by atoms with Crippen LogP contribution in [0, 0.1) is 24.0 Å². The van der Waals surface area contributed by atoms with Crippen LogP contribution in [0.1, 0.15) is 46.2 Å². The summed E-state index contributed by atoms with van der Waals surface area (Å²) in [5.74, 6) is -0.706. The summed E-state index contributed by atoms with van der Waals surface area (Å²) in [5.41, 5.74) is 3.78. The van der Waals surface area contributed by atoms with Gasteiger partial charge in [0.2, 0.25) is 0 Å². The number of ether oxygens (including phenoxy) is 1. The number of aromatic nitrogens is 2. The smallest absolute Gasteiger partial charge is 0.344 e. The van der Waals surface area contributed by atoms with Crippen molar-refractivity contribution in [3.8, 4) is 0 Å². The van der Waals surface area contributed by atoms with E-state index in [4.69, 9.17) is 4.74 Å². The first-order valence-corrected chi connectivity index (χ1v) is 8.48. The van der Waals surface area contributed by atoms with Gasteiger partial charge in [0.15, 0.2) is 0 Å². The van der Waals surface area contributed by atoms with E-state index in [-0.39, 0.29) is 17.3 Å². The highest BCUT2D eigenvalue weighted by Gasteiger charge is 2.32. The molecule has 26 heavy (non-hydrogen) atoms. The Morgan fingerprint density at radius 2 is 2.12 bits per heavy atom. The van der Waals surface area contributed by atoms with Crippen LogP contribution in [0.4, 0.5) is 11.4 Å². The Morgan fingerprint density at radius 3 is 2.69 bits per heavy atom. The molecule has 0 saturated carbocycles. The zero-order valence-corrected chi connectivity index (χ0v) is 15.4. The molecular weight excluding hydrogens is 336 g/mol. The Morgan fingerprint density at radius 1 is 1.38 bits per heavy atom. The topological polar surface area (TPSA) is 90.5 Å². The van der Waals surface area contributed by atoms with Crippen molar-refractivity contribution >= 4 is 17.3 Å². The highest BCUT2D eigenvalue weighted by atomic mass is 16.6. The average Bonchev–Trinajstić information content (AvgIpc) is 3.18. The van der Waals surface area contributed by atoms with E-state index < -0.39 is 10.9 Å². The van der Waals surface area contributed by atoms with Crippen LogP contribution in [0.25, 0.3) is 0 Å². The predicted molar refractivity (Wildman–Crippen MR) is 96.4 cm³/mol. The van der Waals surface area contributed by atoms with Gasteiger partial charge in [-0.05, 0) is 38.8 Å². The number of methoxy groups -OCH3 is 1. The molecule has 1 aliphatic heterocycles. The third-order valence-electron chi connectivity index (χ3n) is 5.06. The molecule has 0 N–H and O–H groups in total. The fraction of sp³-hybridized carbons (Fsp3) is 0.444. The van der Waals surface area contributed by atoms with Crippen LogP contribution < -0.4 is 4.90 Å². The number of hydrogen-bond acceptors (Lipinski definition) is 6. The van der Waals surface area contributed by atoms with Crippen LogP contribution in [-0.2, 0) is 11.8 Å². The van der Waals surface area contributed by atoms with Crippen molar-refractivity contribution in [2.45, 2.75) is 32.7 Å². The second-order valence-electron chi connectivity index (χ2n) is 6.51. The largest absolute Gasteiger partial charge is 0.465 e. The zero-order valence-electron chi connectivity index (χ0n) is 15.4. The van der Waals surface area contributed by atoms with E-state index in [1.807, 2.05) is 25.6 Å². The van der Waals surface area contributed by atoms with Crippen molar-refractivity contribution in [3.63, 3.8) is 0 Å². The molecule has 0 aliphatic carbocycles. The number of carbonyl (C=O) groups excluding carboxylic acids is 1. The minimum absolute atomic E-state index is 0.0275. The van der Waals surface area contributed by atoms with Crippen LogP contribution in [-0.4, -0.2) is 34.3 Å². The summed E-state index contributed by atoms with van der Waals surface area (Å²) >= 11 is 0. The second kappa shape index (κ2) is 6.78. The van der Waals surface area contributed by atoms with E-state index in [1.54, 1.807) is 12.1 Å². The van der Waals surface area contributed by atoms with Crippen LogP contribution in [0.2, 0.25) is 0 Å². The van der Waals surface area contributed by atoms with Gasteiger partial charge >= 0.3 is 5.97 Å². The summed E-state index contributed by atoms with van der Waals surface area (Å²) in [5, 5.41) is 15.7. The average molecular weight is 358 g/mol. The standard InChI is InChI=1S/C18H22N4O4/c1-11-17(12(2)20(3)19-11)16-6-5-9-21(16)13-7-8-15(22(24)25)14(10-13)18(23)26-4/h7-8,10,16H,5-6,9H2,1-4H3. The van der Waals surface area contributed by atoms with Gasteiger partial charge in [-0.25, -0.2) is 4.79 Å². The SMILES string of the molecule is COC(=O)c1cc(N2CCCC2c2c(C)nn(C)c2C)ccc1[N+](=O)[O-]. The lowest BCUT2D eigenvalue weighted by Gasteiger charge is -2.27. The summed E-state index contributed by atoms with van der Waals surface area (Å²) < 4.78 is 6.59. The highest BCUT2D eigenvalue weighted by Crippen LogP contribution is 2.39. The fourth-order valence-corrected chi connectivity index (χ4v) is 3.78. The van der Waals surface area contributed by atoms with E-state index in [0.717, 1.165) is 36.5 Å². The van der Waals surface area contributed by atoms with Gasteiger partial charge in [0.25, 0.3) is 5.69 Å². The second-order valence-corrected chi connectivity index (χ2v) is 6.51. The molecule has 3 rings (SSSR count). The number of carbonyl (C=O) groups is 1. The quantitative estimate of drug-likeness (QED) is 0.474. The van der Waals surface area contributed by atoms with Gasteiger partial charge in [0.05, 0.1) is 23.8 Å². The normalized spacial score (nSPS) is 16.8. The lowest BCUT2D eigenvalue weighted by molar-refractivity contribution is -0.385. The lowest BCUT2D eigenvalue weighted by Crippen LogP contribution is -2.24. The third kappa shape index (κ3) is 2.91. The van der Waals surface area contributed by atoms with Crippen LogP contribution in [0.5, 0.6) is 0 Å². The van der Waals surface area contributed by atoms with E-state index in [0.29, 0.717) is 0 Å². The van der Waals surface area contributed by atoms with E-state index >= 15 is 0 Å². The number of nitro groups is 1. The zero-order chi connectivity index (χ0) is 19.0. The van der Waals surface area contributed by atoms with Crippen LogP contribution >= 0.6 is 0 Å². The first kappa shape index (κ1) is 17.9. The number of nitrogens with zero attached hydrogens (tertiary/aromatic N) is 4. The Kier molecular flexibility index (Phi) is 4.67. The molecule has 2 aromatic rings. The molecular formula is C18H22N4O4. The maximum Gasteiger partial charge on any atom is 0.344 e. The number of rotatable bonds is 4. The molecule has 2 heterocycles. The van der Waals surface area contributed by atoms with E-state index in [2.05, 4.69) is 10.00 Å². The van der Waals surface area contributed by atoms with Gasteiger partial charge in [-0.3, -0.25) is 14.8 Å². The first-order valence-electron chi connectivity index (χ1n) is 8.48. The molecule has 0 radical (unpaired) electrons. The lowest BCUT2D eigenvalue weighted by atomic mass is 10.0. The van der Waals surface area contributed by atoms with Crippen molar-refractivity contribution in [2.24, 2.45) is 7.05 Å². The van der Waals surface area contributed by atoms with Gasteiger partial charge in [-0.15, -0.1) is 0 Å². The van der Waals surface area contributed by atoms with Gasteiger partial charge in [-0.1, -0.05) is 0 Å². The molecule has 1 fully saturated rings. The number of nitro benzene ring substituents is 1. The minimum atomic E-state index is -0.706. The Balaban J connectivity index is 2.05. The molecule has 1 aliphatic rings. The third-order valence-corrected chi connectivity index (χ3v) is 5.06. The van der Waals surface area contributed by atoms with Crippen molar-refractivity contribution in [1.82, 2.24) is 9.78 Å². The predicted octanol–water partition coefficient (Wildman–Crippen LogP) is 3.07. The summed E-state index contributed by atoms with van der Waals surface area (Å²) in [6.07, 6.45) is 1.97. The van der Waals surface area contributed by atoms with Crippen molar-refractivity contribution in [2.75, 3.05) is 18.6 Å². The van der Waals surface area contributed by atoms with Gasteiger partial charge in [0, 0.05) is 36.6 Å². The number of benzene rings is 1. The Labute approximate surface area is 151 Å². The minimum Gasteiger partial charge on any atom is -0.465 e. The molecule has 138 valence electrons. The molecule has 8 nitrogen and oxygen atoms in total. The molecule has 0 spiro atoms. The maximum absolute atomic E-state index is 12.0. The summed E-state index contributed by atoms with van der Waals surface area (Å²) in [7, 11) is 3.14. The molecule has 1 aromatic heterocycles. The number of hydrogen-bond donors (Lipinski definition) is 0. The van der Waals surface area contributed by atoms with E-state index in [9.17, 15) is 14.9 Å². The summed E-state index contributed by atoms with van der Waals surface area (Å²) in [6, 6.07) is 4.77. The molecule has 8 heteroatoms. The van der Waals surface area contributed by atoms with Gasteiger partial charge < -0.3 is 9.64 Å². The van der Waals surface area contributed by atoms with Crippen molar-refractivity contribution in [3.05, 3.63) is 50.8 Å². The molecule has 0 bridgehead atoms. The van der Waals surface area contributed by atoms with Crippen molar-refractivity contribution in [1.29, 1.82) is 0 Å². The Bertz CT molecular complexity index is 874. The van der Waals surface area contributed by atoms with Gasteiger partial charge in [0.1, 0.15) is 5.56 Å². The first-order chi connectivity index (χ1) is 12.3. The molecule has 1 aromatic carbocycles. The maximum atomic E-state index is 12.0. The molecule has 1 saturated heterocycles. The van der Waals surface area contributed by atoms with Gasteiger partial charge in [-0.2, -0.15) is 5.10 Å². The molecule has 1 atom stereocenters. The van der Waals surface area contributed by atoms with Crippen LogP contribution in [0.3, 0.4) is 0 Å². The van der Waals surface area contributed by atoms with Crippen LogP contribution in [0.15, 0.2) is 18.2 Å². The number of anilines is 1. The molecule has 1 unspecified atom stereocenters. The van der Waals surface area contributed by atoms with Crippen molar-refractivity contribution < 1.29 is 14.5 Å². The Hall–Kier alpha value is -2.90. The fourth-order valence-electron chi connectivity index (χ4n) is 3.78. The summed E-state index contributed by atoms with van der Waals surface area (Å²) in [6.45, 7) is 4.85. The molecule has 0 amide bonds. The monoisotopic (exact) mass is 358 g/mol. The summed E-state index contributed by atoms with van der Waals surface area (Å²) in [4.78, 5) is 24.9.